The normalized spacial score (nSPS) is 15.5. The molecule has 0 radical (unpaired) electrons. The highest BCUT2D eigenvalue weighted by Gasteiger charge is 2.33. The molecule has 0 unspecified atom stereocenters. The molecule has 0 aliphatic heterocycles. The van der Waals surface area contributed by atoms with Crippen molar-refractivity contribution in [3.05, 3.63) is 89.2 Å². The monoisotopic (exact) mass is 442 g/mol. The first kappa shape index (κ1) is 21.2. The predicted molar refractivity (Wildman–Crippen MR) is 121 cm³/mol. The second kappa shape index (κ2) is 9.38. The van der Waals surface area contributed by atoms with Crippen molar-refractivity contribution in [2.45, 2.75) is 56.1 Å². The maximum atomic E-state index is 13.6. The lowest BCUT2D eigenvalue weighted by atomic mass is 9.95. The summed E-state index contributed by atoms with van der Waals surface area (Å²) in [6.45, 7) is 0.977. The van der Waals surface area contributed by atoms with Crippen LogP contribution in [0, 0.1) is 0 Å². The zero-order valence-electron chi connectivity index (χ0n) is 17.0. The molecule has 1 aromatic heterocycles. The Morgan fingerprint density at radius 2 is 1.60 bits per heavy atom. The van der Waals surface area contributed by atoms with Gasteiger partial charge in [0.25, 0.3) is 0 Å². The van der Waals surface area contributed by atoms with Gasteiger partial charge in [0.05, 0.1) is 11.4 Å². The Morgan fingerprint density at radius 1 is 0.900 bits per heavy atom. The van der Waals surface area contributed by atoms with Crippen LogP contribution in [0.4, 0.5) is 0 Å². The fourth-order valence-corrected chi connectivity index (χ4v) is 6.10. The topological polar surface area (TPSA) is 42.3 Å². The lowest BCUT2D eigenvalue weighted by molar-refractivity contribution is 0.244. The van der Waals surface area contributed by atoms with E-state index in [9.17, 15) is 8.42 Å². The summed E-state index contributed by atoms with van der Waals surface area (Å²) in [5.74, 6) is 0. The third-order valence-corrected chi connectivity index (χ3v) is 8.15. The Balaban J connectivity index is 1.65. The van der Waals surface area contributed by atoms with E-state index in [1.165, 1.54) is 6.42 Å². The van der Waals surface area contributed by atoms with Crippen LogP contribution in [0.5, 0.6) is 0 Å². The minimum absolute atomic E-state index is 0.0348. The summed E-state index contributed by atoms with van der Waals surface area (Å²) in [6, 6.07) is 20.6. The molecule has 0 saturated heterocycles. The van der Waals surface area contributed by atoms with E-state index in [1.807, 2.05) is 48.7 Å². The highest BCUT2D eigenvalue weighted by atomic mass is 35.5. The van der Waals surface area contributed by atoms with Gasteiger partial charge in [-0.05, 0) is 48.7 Å². The van der Waals surface area contributed by atoms with Crippen LogP contribution in [0.1, 0.15) is 43.4 Å². The van der Waals surface area contributed by atoms with E-state index in [0.29, 0.717) is 18.0 Å². The van der Waals surface area contributed by atoms with Crippen molar-refractivity contribution in [3.63, 3.8) is 0 Å². The Bertz CT molecular complexity index is 1070. The van der Waals surface area contributed by atoms with Crippen LogP contribution in [0.15, 0.2) is 77.8 Å². The number of hydrogen-bond acceptors (Lipinski definition) is 2. The molecular formula is C24H27ClN2O2S. The maximum Gasteiger partial charge on any atom is 0.243 e. The largest absolute Gasteiger partial charge is 0.346 e. The predicted octanol–water partition coefficient (Wildman–Crippen LogP) is 5.71. The average molecular weight is 443 g/mol. The van der Waals surface area contributed by atoms with Crippen LogP contribution >= 0.6 is 11.6 Å². The van der Waals surface area contributed by atoms with Crippen LogP contribution in [-0.2, 0) is 23.1 Å². The van der Waals surface area contributed by atoms with Crippen molar-refractivity contribution in [3.8, 4) is 0 Å². The van der Waals surface area contributed by atoms with Crippen molar-refractivity contribution >= 4 is 21.6 Å². The van der Waals surface area contributed by atoms with Crippen LogP contribution in [0.3, 0.4) is 0 Å². The molecule has 0 spiro atoms. The van der Waals surface area contributed by atoms with Crippen molar-refractivity contribution in [1.29, 1.82) is 0 Å². The lowest BCUT2D eigenvalue weighted by Crippen LogP contribution is -2.41. The van der Waals surface area contributed by atoms with Crippen molar-refractivity contribution in [2.24, 2.45) is 0 Å². The van der Waals surface area contributed by atoms with E-state index in [4.69, 9.17) is 11.6 Å². The average Bonchev–Trinajstić information content (AvgIpc) is 3.21. The van der Waals surface area contributed by atoms with Gasteiger partial charge in [-0.1, -0.05) is 67.3 Å². The lowest BCUT2D eigenvalue weighted by Gasteiger charge is -2.33. The summed E-state index contributed by atoms with van der Waals surface area (Å²) in [4.78, 5) is 0.361. The molecule has 1 aliphatic rings. The molecule has 158 valence electrons. The van der Waals surface area contributed by atoms with Gasteiger partial charge < -0.3 is 4.57 Å². The smallest absolute Gasteiger partial charge is 0.243 e. The molecule has 2 aromatic carbocycles. The Morgan fingerprint density at radius 3 is 2.33 bits per heavy atom. The second-order valence-corrected chi connectivity index (χ2v) is 10.2. The first-order valence-corrected chi connectivity index (χ1v) is 12.3. The molecule has 1 heterocycles. The molecule has 0 bridgehead atoms. The third-order valence-electron chi connectivity index (χ3n) is 5.87. The summed E-state index contributed by atoms with van der Waals surface area (Å²) in [5.41, 5.74) is 1.99. The van der Waals surface area contributed by atoms with Crippen molar-refractivity contribution in [1.82, 2.24) is 8.87 Å². The molecule has 1 fully saturated rings. The van der Waals surface area contributed by atoms with Crippen molar-refractivity contribution < 1.29 is 8.42 Å². The first-order chi connectivity index (χ1) is 14.6. The molecule has 1 saturated carbocycles. The van der Waals surface area contributed by atoms with Gasteiger partial charge in [-0.15, -0.1) is 0 Å². The zero-order valence-corrected chi connectivity index (χ0v) is 18.5. The van der Waals surface area contributed by atoms with E-state index in [2.05, 4.69) is 4.57 Å². The van der Waals surface area contributed by atoms with Gasteiger partial charge in [-0.3, -0.25) is 0 Å². The van der Waals surface area contributed by atoms with E-state index >= 15 is 0 Å². The number of aromatic nitrogens is 1. The first-order valence-electron chi connectivity index (χ1n) is 10.5. The fourth-order valence-electron chi connectivity index (χ4n) is 4.22. The molecule has 30 heavy (non-hydrogen) atoms. The molecule has 4 nitrogen and oxygen atoms in total. The standard InChI is InChI=1S/C24H27ClN2O2S/c25-24-16-8-7-10-20(24)18-26-17-9-13-22(26)19-27(21-11-3-1-4-12-21)30(28,29)23-14-5-2-6-15-23/h2,5-10,13-17,21H,1,3-4,11-12,18-19H2. The van der Waals surface area contributed by atoms with Gasteiger partial charge in [0, 0.05) is 29.5 Å². The van der Waals surface area contributed by atoms with E-state index in [-0.39, 0.29) is 6.04 Å². The summed E-state index contributed by atoms with van der Waals surface area (Å²) >= 11 is 6.35. The number of sulfonamides is 1. The Hall–Kier alpha value is -2.08. The Labute approximate surface area is 184 Å². The summed E-state index contributed by atoms with van der Waals surface area (Å²) < 4.78 is 31.0. The van der Waals surface area contributed by atoms with Gasteiger partial charge in [0.15, 0.2) is 0 Å². The van der Waals surface area contributed by atoms with Crippen LogP contribution in [0.2, 0.25) is 5.02 Å². The molecule has 1 aliphatic carbocycles. The van der Waals surface area contributed by atoms with Gasteiger partial charge in [0.2, 0.25) is 10.0 Å². The highest BCUT2D eigenvalue weighted by molar-refractivity contribution is 7.89. The van der Waals surface area contributed by atoms with Crippen molar-refractivity contribution in [2.75, 3.05) is 0 Å². The van der Waals surface area contributed by atoms with Crippen LogP contribution in [-0.4, -0.2) is 23.3 Å². The minimum atomic E-state index is -3.58. The molecule has 4 rings (SSSR count). The molecule has 6 heteroatoms. The maximum absolute atomic E-state index is 13.6. The van der Waals surface area contributed by atoms with E-state index in [1.54, 1.807) is 28.6 Å². The molecular weight excluding hydrogens is 416 g/mol. The molecule has 0 N–H and O–H groups in total. The summed E-state index contributed by atoms with van der Waals surface area (Å²) in [5, 5.41) is 0.721. The number of rotatable bonds is 7. The molecule has 0 amide bonds. The number of benzene rings is 2. The summed E-state index contributed by atoms with van der Waals surface area (Å²) in [7, 11) is -3.58. The number of hydrogen-bond donors (Lipinski definition) is 0. The zero-order chi connectivity index (χ0) is 21.0. The number of halogens is 1. The fraction of sp³-hybridized carbons (Fsp3) is 0.333. The summed E-state index contributed by atoms with van der Waals surface area (Å²) in [6.07, 6.45) is 7.15. The quantitative estimate of drug-likeness (QED) is 0.470. The highest BCUT2D eigenvalue weighted by Crippen LogP contribution is 2.30. The van der Waals surface area contributed by atoms with Crippen LogP contribution in [0.25, 0.3) is 0 Å². The Kier molecular flexibility index (Phi) is 6.61. The van der Waals surface area contributed by atoms with Gasteiger partial charge in [-0.25, -0.2) is 8.42 Å². The minimum Gasteiger partial charge on any atom is -0.346 e. The third kappa shape index (κ3) is 4.64. The molecule has 3 aromatic rings. The van der Waals surface area contributed by atoms with E-state index in [0.717, 1.165) is 42.0 Å². The van der Waals surface area contributed by atoms with Gasteiger partial charge in [-0.2, -0.15) is 4.31 Å². The second-order valence-electron chi connectivity index (χ2n) is 7.87. The number of nitrogens with zero attached hydrogens (tertiary/aromatic N) is 2. The van der Waals surface area contributed by atoms with E-state index < -0.39 is 10.0 Å². The van der Waals surface area contributed by atoms with Crippen LogP contribution < -0.4 is 0 Å². The SMILES string of the molecule is O=S(=O)(c1ccccc1)N(Cc1cccn1Cc1ccccc1Cl)C1CCCCC1. The van der Waals surface area contributed by atoms with Gasteiger partial charge in [0.1, 0.15) is 0 Å². The van der Waals surface area contributed by atoms with Gasteiger partial charge >= 0.3 is 0 Å². The molecule has 0 atom stereocenters.